The maximum absolute atomic E-state index is 4.39. The zero-order valence-electron chi connectivity index (χ0n) is 6.53. The number of anilines is 1. The summed E-state index contributed by atoms with van der Waals surface area (Å²) in [7, 11) is 1.88. The summed E-state index contributed by atoms with van der Waals surface area (Å²) < 4.78 is 1.18. The Balaban J connectivity index is 2.78. The van der Waals surface area contributed by atoms with Gasteiger partial charge >= 0.3 is 0 Å². The molecule has 0 saturated carbocycles. The molecule has 0 spiro atoms. The molecule has 12 heavy (non-hydrogen) atoms. The summed E-state index contributed by atoms with van der Waals surface area (Å²) in [5.74, 6) is 0. The summed E-state index contributed by atoms with van der Waals surface area (Å²) in [4.78, 5) is 5.16. The van der Waals surface area contributed by atoms with Gasteiger partial charge in [0.05, 0.1) is 20.6 Å². The standard InChI is InChI=1S/C8H8N2S2/c1-9-5-2-3-6-7(8(5)11)10-4-12-6/h2-4,9,11H,1H3. The van der Waals surface area contributed by atoms with Gasteiger partial charge in [-0.1, -0.05) is 0 Å². The SMILES string of the molecule is CNc1ccc2scnc2c1S. The molecular formula is C8H8N2S2. The molecule has 1 heterocycles. The number of fused-ring (bicyclic) bond motifs is 1. The second kappa shape index (κ2) is 2.95. The van der Waals surface area contributed by atoms with Gasteiger partial charge in [-0.3, -0.25) is 0 Å². The Hall–Kier alpha value is -0.740. The summed E-state index contributed by atoms with van der Waals surface area (Å²) >= 11 is 6.02. The number of benzene rings is 1. The molecule has 1 aromatic carbocycles. The Bertz CT molecular complexity index is 408. The van der Waals surface area contributed by atoms with Crippen molar-refractivity contribution in [2.45, 2.75) is 4.90 Å². The van der Waals surface area contributed by atoms with E-state index in [0.29, 0.717) is 0 Å². The van der Waals surface area contributed by atoms with Crippen LogP contribution in [0.15, 0.2) is 22.5 Å². The average Bonchev–Trinajstić information content (AvgIpc) is 2.53. The van der Waals surface area contributed by atoms with E-state index in [9.17, 15) is 0 Å². The van der Waals surface area contributed by atoms with Crippen LogP contribution in [-0.2, 0) is 0 Å². The minimum Gasteiger partial charge on any atom is -0.387 e. The first-order chi connectivity index (χ1) is 5.83. The molecule has 0 fully saturated rings. The topological polar surface area (TPSA) is 24.9 Å². The molecule has 0 aliphatic heterocycles. The first-order valence-corrected chi connectivity index (χ1v) is 4.88. The number of rotatable bonds is 1. The average molecular weight is 196 g/mol. The van der Waals surface area contributed by atoms with Gasteiger partial charge in [-0.25, -0.2) is 4.98 Å². The summed E-state index contributed by atoms with van der Waals surface area (Å²) in [6, 6.07) is 4.07. The Morgan fingerprint density at radius 1 is 1.50 bits per heavy atom. The van der Waals surface area contributed by atoms with Crippen molar-refractivity contribution in [1.82, 2.24) is 4.98 Å². The van der Waals surface area contributed by atoms with Crippen LogP contribution < -0.4 is 5.32 Å². The van der Waals surface area contributed by atoms with E-state index < -0.39 is 0 Å². The summed E-state index contributed by atoms with van der Waals surface area (Å²) in [6.45, 7) is 0. The second-order valence-electron chi connectivity index (χ2n) is 2.41. The maximum atomic E-state index is 4.39. The normalized spacial score (nSPS) is 10.5. The Kier molecular flexibility index (Phi) is 1.94. The van der Waals surface area contributed by atoms with E-state index >= 15 is 0 Å². The van der Waals surface area contributed by atoms with Gasteiger partial charge in [0.2, 0.25) is 0 Å². The van der Waals surface area contributed by atoms with Gasteiger partial charge in [-0.15, -0.1) is 24.0 Å². The highest BCUT2D eigenvalue weighted by molar-refractivity contribution is 7.80. The van der Waals surface area contributed by atoms with Crippen LogP contribution in [0.3, 0.4) is 0 Å². The molecule has 2 rings (SSSR count). The van der Waals surface area contributed by atoms with Gasteiger partial charge in [0.25, 0.3) is 0 Å². The van der Waals surface area contributed by atoms with E-state index in [1.807, 2.05) is 18.6 Å². The van der Waals surface area contributed by atoms with Crippen LogP contribution >= 0.6 is 24.0 Å². The van der Waals surface area contributed by atoms with Crippen molar-refractivity contribution in [2.24, 2.45) is 0 Å². The zero-order chi connectivity index (χ0) is 8.55. The zero-order valence-corrected chi connectivity index (χ0v) is 8.25. The van der Waals surface area contributed by atoms with Crippen molar-refractivity contribution < 1.29 is 0 Å². The van der Waals surface area contributed by atoms with Crippen molar-refractivity contribution >= 4 is 39.9 Å². The molecule has 1 N–H and O–H groups in total. The third-order valence-corrected chi connectivity index (χ3v) is 2.99. The van der Waals surface area contributed by atoms with Gasteiger partial charge in [0.1, 0.15) is 0 Å². The van der Waals surface area contributed by atoms with E-state index in [1.165, 1.54) is 4.70 Å². The fraction of sp³-hybridized carbons (Fsp3) is 0.125. The van der Waals surface area contributed by atoms with Gasteiger partial charge in [0, 0.05) is 12.7 Å². The van der Waals surface area contributed by atoms with E-state index in [-0.39, 0.29) is 0 Å². The molecule has 4 heteroatoms. The predicted molar refractivity (Wildman–Crippen MR) is 56.4 cm³/mol. The number of nitrogens with zero attached hydrogens (tertiary/aromatic N) is 1. The number of hydrogen-bond acceptors (Lipinski definition) is 4. The van der Waals surface area contributed by atoms with E-state index in [4.69, 9.17) is 0 Å². The summed E-state index contributed by atoms with van der Waals surface area (Å²) in [5.41, 5.74) is 3.84. The van der Waals surface area contributed by atoms with Crippen LogP contribution in [0.5, 0.6) is 0 Å². The molecule has 0 radical (unpaired) electrons. The summed E-state index contributed by atoms with van der Waals surface area (Å²) in [5, 5.41) is 3.07. The van der Waals surface area contributed by atoms with Crippen LogP contribution in [-0.4, -0.2) is 12.0 Å². The monoisotopic (exact) mass is 196 g/mol. The third-order valence-electron chi connectivity index (χ3n) is 1.75. The highest BCUT2D eigenvalue weighted by atomic mass is 32.1. The number of thiazole rings is 1. The van der Waals surface area contributed by atoms with Crippen LogP contribution in [0.1, 0.15) is 0 Å². The Morgan fingerprint density at radius 2 is 2.33 bits per heavy atom. The van der Waals surface area contributed by atoms with E-state index in [2.05, 4.69) is 29.0 Å². The minimum absolute atomic E-state index is 0.927. The molecule has 62 valence electrons. The highest BCUT2D eigenvalue weighted by Crippen LogP contribution is 2.29. The van der Waals surface area contributed by atoms with Gasteiger partial charge in [-0.2, -0.15) is 0 Å². The molecule has 0 bridgehead atoms. The molecule has 0 aliphatic carbocycles. The van der Waals surface area contributed by atoms with Gasteiger partial charge in [-0.05, 0) is 12.1 Å². The quantitative estimate of drug-likeness (QED) is 0.685. The van der Waals surface area contributed by atoms with Gasteiger partial charge in [0.15, 0.2) is 0 Å². The van der Waals surface area contributed by atoms with Crippen LogP contribution in [0.2, 0.25) is 0 Å². The first kappa shape index (κ1) is 7.89. The molecule has 1 aromatic heterocycles. The van der Waals surface area contributed by atoms with E-state index in [0.717, 1.165) is 16.1 Å². The number of thiol groups is 1. The lowest BCUT2D eigenvalue weighted by Crippen LogP contribution is -1.89. The fourth-order valence-electron chi connectivity index (χ4n) is 1.12. The minimum atomic E-state index is 0.927. The van der Waals surface area contributed by atoms with Crippen molar-refractivity contribution in [3.05, 3.63) is 17.6 Å². The maximum Gasteiger partial charge on any atom is 0.0966 e. The molecular weight excluding hydrogens is 188 g/mol. The largest absolute Gasteiger partial charge is 0.387 e. The third kappa shape index (κ3) is 1.07. The van der Waals surface area contributed by atoms with Crippen molar-refractivity contribution in [3.8, 4) is 0 Å². The number of aromatic nitrogens is 1. The second-order valence-corrected chi connectivity index (χ2v) is 3.74. The van der Waals surface area contributed by atoms with Crippen molar-refractivity contribution in [2.75, 3.05) is 12.4 Å². The van der Waals surface area contributed by atoms with E-state index in [1.54, 1.807) is 11.3 Å². The fourth-order valence-corrected chi connectivity index (χ4v) is 2.24. The van der Waals surface area contributed by atoms with Crippen molar-refractivity contribution in [3.63, 3.8) is 0 Å². The smallest absolute Gasteiger partial charge is 0.0966 e. The van der Waals surface area contributed by atoms with Crippen LogP contribution in [0, 0.1) is 0 Å². The Labute approximate surface area is 80.0 Å². The molecule has 0 unspecified atom stereocenters. The van der Waals surface area contributed by atoms with Crippen molar-refractivity contribution in [1.29, 1.82) is 0 Å². The highest BCUT2D eigenvalue weighted by Gasteiger charge is 2.04. The molecule has 0 aliphatic rings. The lowest BCUT2D eigenvalue weighted by molar-refractivity contribution is 1.38. The van der Waals surface area contributed by atoms with Crippen LogP contribution in [0.25, 0.3) is 10.2 Å². The Morgan fingerprint density at radius 3 is 3.08 bits per heavy atom. The molecule has 0 atom stereocenters. The lowest BCUT2D eigenvalue weighted by Gasteiger charge is -2.02. The molecule has 0 amide bonds. The van der Waals surface area contributed by atoms with Gasteiger partial charge < -0.3 is 5.32 Å². The summed E-state index contributed by atoms with van der Waals surface area (Å²) in [6.07, 6.45) is 0. The number of nitrogens with one attached hydrogen (secondary N) is 1. The molecule has 0 saturated heterocycles. The van der Waals surface area contributed by atoms with Crippen LogP contribution in [0.4, 0.5) is 5.69 Å². The molecule has 2 aromatic rings. The lowest BCUT2D eigenvalue weighted by atomic mass is 10.3. The first-order valence-electron chi connectivity index (χ1n) is 3.56. The molecule has 2 nitrogen and oxygen atoms in total. The predicted octanol–water partition coefficient (Wildman–Crippen LogP) is 2.63. The number of hydrogen-bond donors (Lipinski definition) is 2.